The first-order valence-corrected chi connectivity index (χ1v) is 7.19. The normalized spacial score (nSPS) is 23.2. The third kappa shape index (κ3) is 2.87. The van der Waals surface area contributed by atoms with Gasteiger partial charge in [0, 0.05) is 29.2 Å². The van der Waals surface area contributed by atoms with Crippen molar-refractivity contribution in [3.63, 3.8) is 0 Å². The molecule has 0 radical (unpaired) electrons. The molecule has 1 aromatic rings. The fraction of sp³-hybridized carbons (Fsp3) is 0.571. The van der Waals surface area contributed by atoms with Crippen LogP contribution in [0.3, 0.4) is 0 Å². The first kappa shape index (κ1) is 13.8. The van der Waals surface area contributed by atoms with Gasteiger partial charge in [0.25, 0.3) is 0 Å². The lowest BCUT2D eigenvalue weighted by Gasteiger charge is -2.21. The van der Waals surface area contributed by atoms with Crippen molar-refractivity contribution in [1.29, 1.82) is 0 Å². The standard InChI is InChI=1S/C14H20BrNO2/c1-9(17)11-5-6-16(8-11)12-3-4-13(10(2)18)14(15)7-12/h3-4,7,9-11,17-18H,5-6,8H2,1-2H3. The van der Waals surface area contributed by atoms with E-state index in [1.807, 2.05) is 25.1 Å². The van der Waals surface area contributed by atoms with Crippen LogP contribution in [0, 0.1) is 5.92 Å². The van der Waals surface area contributed by atoms with Gasteiger partial charge in [-0.15, -0.1) is 0 Å². The second-order valence-corrected chi connectivity index (χ2v) is 5.97. The molecule has 4 heteroatoms. The Morgan fingerprint density at radius 3 is 2.56 bits per heavy atom. The van der Waals surface area contributed by atoms with E-state index in [0.717, 1.165) is 35.2 Å². The van der Waals surface area contributed by atoms with E-state index >= 15 is 0 Å². The highest BCUT2D eigenvalue weighted by atomic mass is 79.9. The van der Waals surface area contributed by atoms with Gasteiger partial charge in [0.1, 0.15) is 0 Å². The highest BCUT2D eigenvalue weighted by Gasteiger charge is 2.26. The van der Waals surface area contributed by atoms with E-state index in [4.69, 9.17) is 0 Å². The van der Waals surface area contributed by atoms with Crippen LogP contribution in [0.5, 0.6) is 0 Å². The van der Waals surface area contributed by atoms with Crippen molar-refractivity contribution in [2.75, 3.05) is 18.0 Å². The maximum atomic E-state index is 9.62. The predicted molar refractivity (Wildman–Crippen MR) is 76.8 cm³/mol. The molecule has 1 saturated heterocycles. The number of aliphatic hydroxyl groups is 2. The molecule has 1 heterocycles. The minimum Gasteiger partial charge on any atom is -0.393 e. The molecule has 1 aromatic carbocycles. The Bertz CT molecular complexity index is 420. The zero-order valence-corrected chi connectivity index (χ0v) is 12.4. The van der Waals surface area contributed by atoms with E-state index in [-0.39, 0.29) is 6.10 Å². The van der Waals surface area contributed by atoms with Crippen molar-refractivity contribution < 1.29 is 10.2 Å². The van der Waals surface area contributed by atoms with Crippen LogP contribution in [-0.4, -0.2) is 29.4 Å². The van der Waals surface area contributed by atoms with E-state index in [1.54, 1.807) is 6.92 Å². The molecule has 0 spiro atoms. The van der Waals surface area contributed by atoms with Gasteiger partial charge in [-0.25, -0.2) is 0 Å². The Labute approximate surface area is 117 Å². The maximum Gasteiger partial charge on any atom is 0.0772 e. The average Bonchev–Trinajstić information content (AvgIpc) is 2.77. The van der Waals surface area contributed by atoms with E-state index in [0.29, 0.717) is 5.92 Å². The summed E-state index contributed by atoms with van der Waals surface area (Å²) in [6.07, 6.45) is 0.334. The van der Waals surface area contributed by atoms with Gasteiger partial charge in [0.2, 0.25) is 0 Å². The summed E-state index contributed by atoms with van der Waals surface area (Å²) >= 11 is 3.50. The van der Waals surface area contributed by atoms with E-state index < -0.39 is 6.10 Å². The lowest BCUT2D eigenvalue weighted by atomic mass is 10.0. The fourth-order valence-electron chi connectivity index (χ4n) is 2.47. The number of aliphatic hydroxyl groups excluding tert-OH is 2. The molecule has 0 aliphatic carbocycles. The number of benzene rings is 1. The Morgan fingerprint density at radius 1 is 1.33 bits per heavy atom. The van der Waals surface area contributed by atoms with Crippen molar-refractivity contribution in [3.8, 4) is 0 Å². The molecule has 2 N–H and O–H groups in total. The van der Waals surface area contributed by atoms with Crippen molar-refractivity contribution in [3.05, 3.63) is 28.2 Å². The van der Waals surface area contributed by atoms with Crippen LogP contribution in [0.4, 0.5) is 5.69 Å². The predicted octanol–water partition coefficient (Wildman–Crippen LogP) is 2.71. The quantitative estimate of drug-likeness (QED) is 0.901. The van der Waals surface area contributed by atoms with E-state index in [1.165, 1.54) is 0 Å². The largest absolute Gasteiger partial charge is 0.393 e. The Morgan fingerprint density at radius 2 is 2.06 bits per heavy atom. The molecule has 3 atom stereocenters. The summed E-state index contributed by atoms with van der Waals surface area (Å²) in [6.45, 7) is 5.51. The van der Waals surface area contributed by atoms with Gasteiger partial charge in [0.05, 0.1) is 12.2 Å². The molecule has 1 aliphatic heterocycles. The third-order valence-electron chi connectivity index (χ3n) is 3.71. The Kier molecular flexibility index (Phi) is 4.30. The number of hydrogen-bond acceptors (Lipinski definition) is 3. The Hall–Kier alpha value is -0.580. The van der Waals surface area contributed by atoms with E-state index in [9.17, 15) is 10.2 Å². The van der Waals surface area contributed by atoms with Gasteiger partial charge in [-0.2, -0.15) is 0 Å². The zero-order chi connectivity index (χ0) is 13.3. The smallest absolute Gasteiger partial charge is 0.0772 e. The molecule has 2 rings (SSSR count). The first-order valence-electron chi connectivity index (χ1n) is 6.39. The van der Waals surface area contributed by atoms with Crippen molar-refractivity contribution in [2.45, 2.75) is 32.5 Å². The molecule has 0 aromatic heterocycles. The lowest BCUT2D eigenvalue weighted by molar-refractivity contribution is 0.136. The van der Waals surface area contributed by atoms with Gasteiger partial charge in [-0.3, -0.25) is 0 Å². The van der Waals surface area contributed by atoms with E-state index in [2.05, 4.69) is 20.8 Å². The van der Waals surface area contributed by atoms with Crippen molar-refractivity contribution in [2.24, 2.45) is 5.92 Å². The van der Waals surface area contributed by atoms with Gasteiger partial charge >= 0.3 is 0 Å². The number of hydrogen-bond donors (Lipinski definition) is 2. The second-order valence-electron chi connectivity index (χ2n) is 5.12. The van der Waals surface area contributed by atoms with Crippen LogP contribution in [0.2, 0.25) is 0 Å². The monoisotopic (exact) mass is 313 g/mol. The van der Waals surface area contributed by atoms with Crippen LogP contribution in [0.15, 0.2) is 22.7 Å². The second kappa shape index (κ2) is 5.59. The molecule has 100 valence electrons. The van der Waals surface area contributed by atoms with Gasteiger partial charge < -0.3 is 15.1 Å². The molecule has 18 heavy (non-hydrogen) atoms. The average molecular weight is 314 g/mol. The van der Waals surface area contributed by atoms with Crippen molar-refractivity contribution >= 4 is 21.6 Å². The topological polar surface area (TPSA) is 43.7 Å². The number of nitrogens with zero attached hydrogens (tertiary/aromatic N) is 1. The molecular formula is C14H20BrNO2. The summed E-state index contributed by atoms with van der Waals surface area (Å²) < 4.78 is 0.940. The Balaban J connectivity index is 2.13. The fourth-order valence-corrected chi connectivity index (χ4v) is 3.17. The third-order valence-corrected chi connectivity index (χ3v) is 4.39. The van der Waals surface area contributed by atoms with Gasteiger partial charge in [-0.05, 0) is 38.0 Å². The first-order chi connectivity index (χ1) is 8.49. The minimum atomic E-state index is -0.461. The summed E-state index contributed by atoms with van der Waals surface area (Å²) in [5.74, 6) is 0.361. The molecule has 0 saturated carbocycles. The molecule has 0 amide bonds. The number of rotatable bonds is 3. The highest BCUT2D eigenvalue weighted by molar-refractivity contribution is 9.10. The van der Waals surface area contributed by atoms with Gasteiger partial charge in [-0.1, -0.05) is 22.0 Å². The number of halogens is 1. The van der Waals surface area contributed by atoms with Crippen LogP contribution in [-0.2, 0) is 0 Å². The summed E-state index contributed by atoms with van der Waals surface area (Å²) in [6, 6.07) is 6.05. The summed E-state index contributed by atoms with van der Waals surface area (Å²) in [5.41, 5.74) is 2.06. The summed E-state index contributed by atoms with van der Waals surface area (Å²) in [4.78, 5) is 2.29. The summed E-state index contributed by atoms with van der Waals surface area (Å²) in [5, 5.41) is 19.2. The minimum absolute atomic E-state index is 0.241. The number of anilines is 1. The molecular weight excluding hydrogens is 294 g/mol. The molecule has 0 bridgehead atoms. The highest BCUT2D eigenvalue weighted by Crippen LogP contribution is 2.31. The van der Waals surface area contributed by atoms with Crippen LogP contribution in [0.25, 0.3) is 0 Å². The van der Waals surface area contributed by atoms with Crippen LogP contribution < -0.4 is 4.90 Å². The van der Waals surface area contributed by atoms with Crippen LogP contribution in [0.1, 0.15) is 31.9 Å². The molecule has 3 unspecified atom stereocenters. The maximum absolute atomic E-state index is 9.62. The SMILES string of the molecule is CC(O)c1ccc(N2CCC(C(C)O)C2)cc1Br. The van der Waals surface area contributed by atoms with Crippen molar-refractivity contribution in [1.82, 2.24) is 0 Å². The summed E-state index contributed by atoms with van der Waals surface area (Å²) in [7, 11) is 0. The lowest BCUT2D eigenvalue weighted by Crippen LogP contribution is -2.23. The molecule has 3 nitrogen and oxygen atoms in total. The molecule has 1 fully saturated rings. The van der Waals surface area contributed by atoms with Crippen LogP contribution >= 0.6 is 15.9 Å². The molecule has 1 aliphatic rings. The zero-order valence-electron chi connectivity index (χ0n) is 10.8. The van der Waals surface area contributed by atoms with Gasteiger partial charge in [0.15, 0.2) is 0 Å².